The van der Waals surface area contributed by atoms with E-state index < -0.39 is 0 Å². The highest BCUT2D eigenvalue weighted by molar-refractivity contribution is 5.92. The second kappa shape index (κ2) is 6.55. The Bertz CT molecular complexity index is 679. The molecule has 2 aromatic heterocycles. The lowest BCUT2D eigenvalue weighted by atomic mass is 10.3. The summed E-state index contributed by atoms with van der Waals surface area (Å²) in [7, 11) is 3.79. The molecule has 1 amide bonds. The van der Waals surface area contributed by atoms with E-state index >= 15 is 0 Å². The van der Waals surface area contributed by atoms with Crippen LogP contribution in [0.4, 0.5) is 5.82 Å². The van der Waals surface area contributed by atoms with Crippen LogP contribution in [0.2, 0.25) is 0 Å². The minimum Gasteiger partial charge on any atom is -0.471 e. The van der Waals surface area contributed by atoms with Crippen LogP contribution in [0.5, 0.6) is 5.88 Å². The van der Waals surface area contributed by atoms with Crippen molar-refractivity contribution >= 4 is 11.7 Å². The zero-order valence-electron chi connectivity index (χ0n) is 13.1. The Hall–Kier alpha value is -2.77. The smallest absolute Gasteiger partial charge is 0.274 e. The van der Waals surface area contributed by atoms with Gasteiger partial charge in [-0.1, -0.05) is 0 Å². The van der Waals surface area contributed by atoms with E-state index in [1.54, 1.807) is 23.5 Å². The van der Waals surface area contributed by atoms with Crippen molar-refractivity contribution in [2.24, 2.45) is 0 Å². The molecule has 0 bridgehead atoms. The summed E-state index contributed by atoms with van der Waals surface area (Å²) in [5, 5.41) is 0. The average molecular weight is 314 g/mol. The van der Waals surface area contributed by atoms with E-state index in [0.29, 0.717) is 24.7 Å². The molecule has 0 spiro atoms. The molecule has 1 aliphatic rings. The van der Waals surface area contributed by atoms with Crippen LogP contribution in [-0.2, 0) is 0 Å². The van der Waals surface area contributed by atoms with Crippen molar-refractivity contribution in [1.29, 1.82) is 0 Å². The first kappa shape index (κ1) is 15.1. The van der Waals surface area contributed by atoms with Crippen LogP contribution in [0.3, 0.4) is 0 Å². The third-order valence-electron chi connectivity index (χ3n) is 3.56. The third-order valence-corrected chi connectivity index (χ3v) is 3.56. The number of hydrogen-bond acceptors (Lipinski definition) is 7. The molecule has 23 heavy (non-hydrogen) atoms. The van der Waals surface area contributed by atoms with Gasteiger partial charge in [0.15, 0.2) is 5.82 Å². The van der Waals surface area contributed by atoms with Gasteiger partial charge in [0.05, 0.1) is 25.1 Å². The first-order valence-electron chi connectivity index (χ1n) is 7.35. The number of carbonyl (C=O) groups excluding carboxylic acids is 1. The van der Waals surface area contributed by atoms with Crippen molar-refractivity contribution in [2.75, 3.05) is 32.1 Å². The molecule has 3 heterocycles. The lowest BCUT2D eigenvalue weighted by Crippen LogP contribution is -2.31. The van der Waals surface area contributed by atoms with Gasteiger partial charge in [0.2, 0.25) is 5.88 Å². The second-order valence-corrected chi connectivity index (χ2v) is 5.48. The van der Waals surface area contributed by atoms with Crippen LogP contribution in [-0.4, -0.2) is 64.0 Å². The van der Waals surface area contributed by atoms with E-state index in [9.17, 15) is 4.79 Å². The second-order valence-electron chi connectivity index (χ2n) is 5.48. The maximum absolute atomic E-state index is 12.3. The average Bonchev–Trinajstić information content (AvgIpc) is 3.03. The number of anilines is 1. The largest absolute Gasteiger partial charge is 0.471 e. The fourth-order valence-electron chi connectivity index (χ4n) is 2.36. The summed E-state index contributed by atoms with van der Waals surface area (Å²) in [4.78, 5) is 32.4. The predicted octanol–water partition coefficient (Wildman–Crippen LogP) is 0.626. The van der Waals surface area contributed by atoms with Crippen molar-refractivity contribution < 1.29 is 9.53 Å². The quantitative estimate of drug-likeness (QED) is 0.818. The number of amides is 1. The Balaban J connectivity index is 1.62. The Kier molecular flexibility index (Phi) is 4.31. The highest BCUT2D eigenvalue weighted by atomic mass is 16.5. The Morgan fingerprint density at radius 2 is 2.13 bits per heavy atom. The number of likely N-dealkylation sites (tertiary alicyclic amines) is 1. The van der Waals surface area contributed by atoms with E-state index in [1.807, 2.05) is 19.0 Å². The van der Waals surface area contributed by atoms with Crippen LogP contribution in [0, 0.1) is 0 Å². The topological polar surface area (TPSA) is 84.3 Å². The van der Waals surface area contributed by atoms with E-state index in [4.69, 9.17) is 4.74 Å². The van der Waals surface area contributed by atoms with Crippen LogP contribution >= 0.6 is 0 Å². The molecule has 0 saturated carbocycles. The van der Waals surface area contributed by atoms with Gasteiger partial charge in [0.1, 0.15) is 11.8 Å². The lowest BCUT2D eigenvalue weighted by molar-refractivity contribution is 0.0765. The molecule has 1 aliphatic heterocycles. The summed E-state index contributed by atoms with van der Waals surface area (Å²) >= 11 is 0. The number of hydrogen-bond donors (Lipinski definition) is 0. The standard InChI is InChI=1S/C15H18N6O2/c1-20(2)13-8-17-9-14(19-13)23-11-3-6-21(10-11)15(22)12-7-16-4-5-18-12/h4-5,7-9,11H,3,6,10H2,1-2H3/t11-/m0/s1. The van der Waals surface area contributed by atoms with Gasteiger partial charge in [-0.25, -0.2) is 4.98 Å². The monoisotopic (exact) mass is 314 g/mol. The zero-order valence-corrected chi connectivity index (χ0v) is 13.1. The molecule has 0 aliphatic carbocycles. The first-order valence-corrected chi connectivity index (χ1v) is 7.35. The van der Waals surface area contributed by atoms with Crippen molar-refractivity contribution in [3.05, 3.63) is 36.7 Å². The SMILES string of the molecule is CN(C)c1cncc(O[C@H]2CCN(C(=O)c3cnccn3)C2)n1. The molecule has 0 aromatic carbocycles. The lowest BCUT2D eigenvalue weighted by Gasteiger charge is -2.17. The van der Waals surface area contributed by atoms with Crippen LogP contribution < -0.4 is 9.64 Å². The molecular weight excluding hydrogens is 296 g/mol. The van der Waals surface area contributed by atoms with E-state index in [0.717, 1.165) is 12.2 Å². The highest BCUT2D eigenvalue weighted by Gasteiger charge is 2.29. The molecule has 8 heteroatoms. The van der Waals surface area contributed by atoms with Crippen LogP contribution in [0.25, 0.3) is 0 Å². The fraction of sp³-hybridized carbons (Fsp3) is 0.400. The van der Waals surface area contributed by atoms with E-state index in [1.165, 1.54) is 12.4 Å². The van der Waals surface area contributed by atoms with Gasteiger partial charge >= 0.3 is 0 Å². The molecule has 3 rings (SSSR count). The normalized spacial score (nSPS) is 17.1. The molecule has 120 valence electrons. The number of nitrogens with zero attached hydrogens (tertiary/aromatic N) is 6. The maximum atomic E-state index is 12.3. The molecule has 1 fully saturated rings. The van der Waals surface area contributed by atoms with Crippen molar-refractivity contribution in [1.82, 2.24) is 24.8 Å². The van der Waals surface area contributed by atoms with E-state index in [2.05, 4.69) is 19.9 Å². The van der Waals surface area contributed by atoms with Gasteiger partial charge in [-0.3, -0.25) is 14.8 Å². The number of rotatable bonds is 4. The summed E-state index contributed by atoms with van der Waals surface area (Å²) in [5.74, 6) is 1.07. The fourth-order valence-corrected chi connectivity index (χ4v) is 2.36. The molecule has 8 nitrogen and oxygen atoms in total. The number of ether oxygens (including phenoxy) is 1. The summed E-state index contributed by atoms with van der Waals surface area (Å²) in [5.41, 5.74) is 0.350. The molecule has 0 unspecified atom stereocenters. The first-order chi connectivity index (χ1) is 11.1. The van der Waals surface area contributed by atoms with Gasteiger partial charge in [0.25, 0.3) is 5.91 Å². The van der Waals surface area contributed by atoms with E-state index in [-0.39, 0.29) is 12.0 Å². The van der Waals surface area contributed by atoms with Crippen molar-refractivity contribution in [3.63, 3.8) is 0 Å². The predicted molar refractivity (Wildman–Crippen MR) is 83.3 cm³/mol. The van der Waals surface area contributed by atoms with Gasteiger partial charge in [-0.2, -0.15) is 4.98 Å². The van der Waals surface area contributed by atoms with Crippen molar-refractivity contribution in [3.8, 4) is 5.88 Å². The van der Waals surface area contributed by atoms with Crippen molar-refractivity contribution in [2.45, 2.75) is 12.5 Å². The summed E-state index contributed by atoms with van der Waals surface area (Å²) < 4.78 is 5.85. The molecule has 0 N–H and O–H groups in total. The summed E-state index contributed by atoms with van der Waals surface area (Å²) in [6, 6.07) is 0. The third kappa shape index (κ3) is 3.53. The zero-order chi connectivity index (χ0) is 16.2. The van der Waals surface area contributed by atoms with Crippen LogP contribution in [0.15, 0.2) is 31.0 Å². The maximum Gasteiger partial charge on any atom is 0.274 e. The number of carbonyl (C=O) groups is 1. The molecular formula is C15H18N6O2. The number of aromatic nitrogens is 4. The minimum absolute atomic E-state index is 0.0951. The Morgan fingerprint density at radius 3 is 2.87 bits per heavy atom. The molecule has 1 saturated heterocycles. The van der Waals surface area contributed by atoms with Crippen LogP contribution in [0.1, 0.15) is 16.9 Å². The minimum atomic E-state index is -0.127. The van der Waals surface area contributed by atoms with Gasteiger partial charge < -0.3 is 14.5 Å². The Labute approximate surface area is 134 Å². The molecule has 2 aromatic rings. The van der Waals surface area contributed by atoms with Gasteiger partial charge in [0, 0.05) is 39.5 Å². The summed E-state index contributed by atoms with van der Waals surface area (Å²) in [6.45, 7) is 1.13. The highest BCUT2D eigenvalue weighted by Crippen LogP contribution is 2.19. The van der Waals surface area contributed by atoms with Gasteiger partial charge in [-0.05, 0) is 0 Å². The Morgan fingerprint density at radius 1 is 1.26 bits per heavy atom. The summed E-state index contributed by atoms with van der Waals surface area (Å²) in [6.07, 6.45) is 8.44. The molecule has 0 radical (unpaired) electrons. The van der Waals surface area contributed by atoms with Gasteiger partial charge in [-0.15, -0.1) is 0 Å². The molecule has 1 atom stereocenters.